The van der Waals surface area contributed by atoms with Gasteiger partial charge in [-0.05, 0) is 43.9 Å². The third-order valence-corrected chi connectivity index (χ3v) is 6.16. The number of anilines is 1. The maximum Gasteiger partial charge on any atom is 0.185 e. The van der Waals surface area contributed by atoms with Crippen molar-refractivity contribution >= 4 is 5.82 Å². The van der Waals surface area contributed by atoms with Gasteiger partial charge in [-0.2, -0.15) is 5.10 Å². The minimum Gasteiger partial charge on any atom is -0.507 e. The van der Waals surface area contributed by atoms with E-state index in [0.29, 0.717) is 23.2 Å². The first-order valence-corrected chi connectivity index (χ1v) is 10.2. The molecule has 0 radical (unpaired) electrons. The van der Waals surface area contributed by atoms with Crippen molar-refractivity contribution in [3.63, 3.8) is 0 Å². The molecule has 2 saturated heterocycles. The number of halogens is 1. The van der Waals surface area contributed by atoms with Gasteiger partial charge in [0.2, 0.25) is 0 Å². The Kier molecular flexibility index (Phi) is 4.62. The standard InChI is InChI=1S/C21H24FN7O/c1-12-9-24-29(11-12)14-4-5-15(18(30)8-14)21-23-10-19(26-27-21)28(2)17-7-13-3-6-16(25-13)20(17)22/h4-5,8-11,13,16-17,20,25,30H,3,6-7H2,1-2H3/t13-,16?,17-,20+/m0/s1. The predicted molar refractivity (Wildman–Crippen MR) is 110 cm³/mol. The molecule has 2 aliphatic heterocycles. The Balaban J connectivity index is 1.36. The third kappa shape index (κ3) is 3.28. The molecule has 2 aliphatic rings. The first-order valence-electron chi connectivity index (χ1n) is 10.2. The average molecular weight is 409 g/mol. The molecular formula is C21H24FN7O. The van der Waals surface area contributed by atoms with E-state index in [0.717, 1.165) is 30.5 Å². The minimum absolute atomic E-state index is 0.0438. The lowest BCUT2D eigenvalue weighted by atomic mass is 9.96. The molecule has 0 saturated carbocycles. The lowest BCUT2D eigenvalue weighted by Crippen LogP contribution is -2.55. The fourth-order valence-electron chi connectivity index (χ4n) is 4.48. The Hall–Kier alpha value is -3.07. The Morgan fingerprint density at radius 2 is 2.10 bits per heavy atom. The summed E-state index contributed by atoms with van der Waals surface area (Å²) < 4.78 is 16.5. The molecule has 1 unspecified atom stereocenters. The van der Waals surface area contributed by atoms with Crippen LogP contribution in [-0.2, 0) is 0 Å². The fraction of sp³-hybridized carbons (Fsp3) is 0.429. The summed E-state index contributed by atoms with van der Waals surface area (Å²) in [6, 6.07) is 5.24. The van der Waals surface area contributed by atoms with E-state index in [1.807, 2.05) is 31.1 Å². The van der Waals surface area contributed by atoms with E-state index in [-0.39, 0.29) is 17.8 Å². The van der Waals surface area contributed by atoms with Crippen molar-refractivity contribution in [2.75, 3.05) is 11.9 Å². The van der Waals surface area contributed by atoms with Crippen LogP contribution in [0.1, 0.15) is 24.8 Å². The van der Waals surface area contributed by atoms with Gasteiger partial charge in [0.1, 0.15) is 11.9 Å². The zero-order valence-corrected chi connectivity index (χ0v) is 16.9. The maximum absolute atomic E-state index is 14.8. The molecule has 2 fully saturated rings. The normalized spacial score (nSPS) is 25.4. The number of aromatic hydroxyl groups is 1. The summed E-state index contributed by atoms with van der Waals surface area (Å²) in [5.74, 6) is 0.883. The van der Waals surface area contributed by atoms with Crippen LogP contribution in [0.25, 0.3) is 17.1 Å². The lowest BCUT2D eigenvalue weighted by Gasteiger charge is -2.38. The van der Waals surface area contributed by atoms with Crippen LogP contribution in [0.15, 0.2) is 36.8 Å². The molecule has 2 aromatic heterocycles. The number of nitrogens with zero attached hydrogens (tertiary/aromatic N) is 6. The minimum atomic E-state index is -0.947. The summed E-state index contributed by atoms with van der Waals surface area (Å²) in [6.45, 7) is 1.95. The van der Waals surface area contributed by atoms with Gasteiger partial charge in [0.05, 0.1) is 29.7 Å². The Bertz CT molecular complexity index is 1050. The first-order chi connectivity index (χ1) is 14.5. The number of benzene rings is 1. The van der Waals surface area contributed by atoms with Gasteiger partial charge in [0.25, 0.3) is 0 Å². The molecule has 0 amide bonds. The zero-order valence-electron chi connectivity index (χ0n) is 16.9. The van der Waals surface area contributed by atoms with E-state index in [4.69, 9.17) is 0 Å². The van der Waals surface area contributed by atoms with Gasteiger partial charge in [0.15, 0.2) is 11.6 Å². The second-order valence-corrected chi connectivity index (χ2v) is 8.21. The van der Waals surface area contributed by atoms with E-state index >= 15 is 0 Å². The van der Waals surface area contributed by atoms with Crippen LogP contribution in [0.4, 0.5) is 10.2 Å². The second kappa shape index (κ2) is 7.32. The van der Waals surface area contributed by atoms with Crippen LogP contribution < -0.4 is 10.2 Å². The molecule has 0 aliphatic carbocycles. The number of aromatic nitrogens is 5. The summed E-state index contributed by atoms with van der Waals surface area (Å²) in [5.41, 5.74) is 2.25. The number of rotatable bonds is 4. The van der Waals surface area contributed by atoms with E-state index in [1.165, 1.54) is 0 Å². The van der Waals surface area contributed by atoms with Gasteiger partial charge < -0.3 is 15.3 Å². The number of aryl methyl sites for hydroxylation is 1. The largest absolute Gasteiger partial charge is 0.507 e. The number of nitrogens with one attached hydrogen (secondary N) is 1. The quantitative estimate of drug-likeness (QED) is 0.684. The Labute approximate surface area is 173 Å². The van der Waals surface area contributed by atoms with Crippen LogP contribution in [0, 0.1) is 6.92 Å². The topological polar surface area (TPSA) is 92.0 Å². The van der Waals surface area contributed by atoms with Gasteiger partial charge in [-0.15, -0.1) is 10.2 Å². The smallest absolute Gasteiger partial charge is 0.185 e. The van der Waals surface area contributed by atoms with Crippen LogP contribution in [0.3, 0.4) is 0 Å². The van der Waals surface area contributed by atoms with Gasteiger partial charge >= 0.3 is 0 Å². The van der Waals surface area contributed by atoms with Crippen molar-refractivity contribution in [3.05, 3.63) is 42.4 Å². The van der Waals surface area contributed by atoms with Crippen LogP contribution in [0.2, 0.25) is 0 Å². The molecule has 9 heteroatoms. The predicted octanol–water partition coefficient (Wildman–Crippen LogP) is 2.41. The highest BCUT2D eigenvalue weighted by Gasteiger charge is 2.43. The highest BCUT2D eigenvalue weighted by Crippen LogP contribution is 2.33. The SMILES string of the molecule is Cc1cnn(-c2ccc(-c3ncc(N(C)[C@H]4C[C@@H]5CCC(N5)[C@H]4F)nn3)c(O)c2)c1. The molecule has 1 aromatic carbocycles. The van der Waals surface area contributed by atoms with E-state index in [2.05, 4.69) is 25.6 Å². The lowest BCUT2D eigenvalue weighted by molar-refractivity contribution is 0.176. The number of alkyl halides is 1. The van der Waals surface area contributed by atoms with Gasteiger partial charge in [-0.1, -0.05) is 0 Å². The van der Waals surface area contributed by atoms with Crippen LogP contribution in [0.5, 0.6) is 5.75 Å². The fourth-order valence-corrected chi connectivity index (χ4v) is 4.48. The molecule has 8 nitrogen and oxygen atoms in total. The van der Waals surface area contributed by atoms with Gasteiger partial charge in [-0.3, -0.25) is 0 Å². The summed E-state index contributed by atoms with van der Waals surface area (Å²) in [6.07, 6.45) is 6.91. The molecular weight excluding hydrogens is 385 g/mol. The van der Waals surface area contributed by atoms with Crippen molar-refractivity contribution in [1.29, 1.82) is 0 Å². The highest BCUT2D eigenvalue weighted by atomic mass is 19.1. The number of hydrogen-bond donors (Lipinski definition) is 2. The van der Waals surface area contributed by atoms with Crippen LogP contribution >= 0.6 is 0 Å². The average Bonchev–Trinajstić information content (AvgIpc) is 3.37. The van der Waals surface area contributed by atoms with E-state index in [1.54, 1.807) is 29.2 Å². The molecule has 2 bridgehead atoms. The molecule has 5 rings (SSSR count). The molecule has 4 atom stereocenters. The second-order valence-electron chi connectivity index (χ2n) is 8.21. The van der Waals surface area contributed by atoms with E-state index < -0.39 is 6.17 Å². The molecule has 4 heterocycles. The first kappa shape index (κ1) is 18.9. The monoisotopic (exact) mass is 409 g/mol. The summed E-state index contributed by atoms with van der Waals surface area (Å²) in [7, 11) is 1.84. The Morgan fingerprint density at radius 3 is 2.80 bits per heavy atom. The summed E-state index contributed by atoms with van der Waals surface area (Å²) in [4.78, 5) is 6.21. The van der Waals surface area contributed by atoms with Crippen molar-refractivity contribution < 1.29 is 9.50 Å². The molecule has 30 heavy (non-hydrogen) atoms. The number of hydrogen-bond acceptors (Lipinski definition) is 7. The molecule has 3 aromatic rings. The van der Waals surface area contributed by atoms with E-state index in [9.17, 15) is 9.50 Å². The van der Waals surface area contributed by atoms with Crippen molar-refractivity contribution in [1.82, 2.24) is 30.3 Å². The van der Waals surface area contributed by atoms with Gasteiger partial charge in [-0.25, -0.2) is 14.1 Å². The van der Waals surface area contributed by atoms with Crippen molar-refractivity contribution in [2.24, 2.45) is 0 Å². The van der Waals surface area contributed by atoms with Crippen molar-refractivity contribution in [2.45, 2.75) is 50.5 Å². The molecule has 156 valence electrons. The van der Waals surface area contributed by atoms with Crippen LogP contribution in [-0.4, -0.2) is 61.4 Å². The summed E-state index contributed by atoms with van der Waals surface area (Å²) >= 11 is 0. The number of phenolic OH excluding ortho intramolecular Hbond substituents is 1. The van der Waals surface area contributed by atoms with Gasteiger partial charge in [0, 0.05) is 31.4 Å². The highest BCUT2D eigenvalue weighted by molar-refractivity contribution is 5.66. The van der Waals surface area contributed by atoms with Crippen molar-refractivity contribution in [3.8, 4) is 22.8 Å². The Morgan fingerprint density at radius 1 is 1.23 bits per heavy atom. The number of fused-ring (bicyclic) bond motifs is 2. The maximum atomic E-state index is 14.8. The number of phenols is 1. The summed E-state index contributed by atoms with van der Waals surface area (Å²) in [5, 5.41) is 26.5. The zero-order chi connectivity index (χ0) is 20.8. The number of piperidine rings is 1. The molecule has 2 N–H and O–H groups in total. The molecule has 0 spiro atoms. The third-order valence-electron chi connectivity index (χ3n) is 6.16.